The highest BCUT2D eigenvalue weighted by Crippen LogP contribution is 2.38. The van der Waals surface area contributed by atoms with Gasteiger partial charge in [-0.15, -0.1) is 21.5 Å². The molecule has 0 fully saturated rings. The van der Waals surface area contributed by atoms with Crippen LogP contribution in [0.2, 0.25) is 0 Å². The summed E-state index contributed by atoms with van der Waals surface area (Å²) in [4.78, 5) is 16.1. The van der Waals surface area contributed by atoms with Gasteiger partial charge in [0.25, 0.3) is 5.56 Å². The van der Waals surface area contributed by atoms with Crippen LogP contribution in [-0.2, 0) is 12.8 Å². The van der Waals surface area contributed by atoms with E-state index in [-0.39, 0.29) is 5.56 Å². The first-order valence-corrected chi connectivity index (χ1v) is 12.6. The van der Waals surface area contributed by atoms with E-state index >= 15 is 0 Å². The van der Waals surface area contributed by atoms with E-state index in [0.29, 0.717) is 11.7 Å². The normalized spacial score (nSPS) is 16.4. The van der Waals surface area contributed by atoms with E-state index in [1.807, 2.05) is 30.3 Å². The molecule has 3 aromatic heterocycles. The Balaban J connectivity index is 1.78. The summed E-state index contributed by atoms with van der Waals surface area (Å²) in [5.74, 6) is 2.30. The van der Waals surface area contributed by atoms with Crippen molar-refractivity contribution in [2.75, 3.05) is 5.75 Å². The number of para-hydroxylation sites is 1. The molecule has 0 saturated carbocycles. The fourth-order valence-corrected chi connectivity index (χ4v) is 6.81. The second-order valence-corrected chi connectivity index (χ2v) is 10.3. The lowest BCUT2D eigenvalue weighted by molar-refractivity contribution is 0.509. The van der Waals surface area contributed by atoms with Crippen molar-refractivity contribution in [2.45, 2.75) is 57.5 Å². The summed E-state index contributed by atoms with van der Waals surface area (Å²) in [6.07, 6.45) is 6.77. The molecule has 0 radical (unpaired) electrons. The summed E-state index contributed by atoms with van der Waals surface area (Å²) in [7, 11) is 0. The summed E-state index contributed by atoms with van der Waals surface area (Å²) in [5, 5.41) is 10.8. The second-order valence-electron chi connectivity index (χ2n) is 8.18. The average molecular weight is 439 g/mol. The van der Waals surface area contributed by atoms with Crippen molar-refractivity contribution in [3.05, 3.63) is 51.1 Å². The van der Waals surface area contributed by atoms with Gasteiger partial charge in [-0.05, 0) is 49.3 Å². The van der Waals surface area contributed by atoms with E-state index in [1.165, 1.54) is 23.3 Å². The molecule has 30 heavy (non-hydrogen) atoms. The van der Waals surface area contributed by atoms with Crippen molar-refractivity contribution in [3.63, 3.8) is 0 Å². The van der Waals surface area contributed by atoms with Crippen LogP contribution in [0.1, 0.15) is 50.0 Å². The van der Waals surface area contributed by atoms with Gasteiger partial charge in [-0.3, -0.25) is 4.79 Å². The number of unbranched alkanes of at least 4 members (excludes halogenated alkanes) is 2. The average Bonchev–Trinajstić information content (AvgIpc) is 3.33. The van der Waals surface area contributed by atoms with Gasteiger partial charge in [0.15, 0.2) is 5.16 Å². The Hall–Kier alpha value is -2.12. The van der Waals surface area contributed by atoms with Crippen molar-refractivity contribution in [3.8, 4) is 5.69 Å². The van der Waals surface area contributed by atoms with Crippen LogP contribution >= 0.6 is 23.1 Å². The van der Waals surface area contributed by atoms with E-state index in [9.17, 15) is 4.79 Å². The van der Waals surface area contributed by atoms with Crippen molar-refractivity contribution in [1.29, 1.82) is 0 Å². The lowest BCUT2D eigenvalue weighted by Crippen LogP contribution is -2.22. The van der Waals surface area contributed by atoms with Gasteiger partial charge in [0.05, 0.1) is 11.1 Å². The van der Waals surface area contributed by atoms with Gasteiger partial charge in [0, 0.05) is 10.6 Å². The van der Waals surface area contributed by atoms with Gasteiger partial charge in [-0.2, -0.15) is 0 Å². The quantitative estimate of drug-likeness (QED) is 0.295. The number of thioether (sulfide) groups is 1. The highest BCUT2D eigenvalue weighted by atomic mass is 32.2. The maximum Gasteiger partial charge on any atom is 0.268 e. The summed E-state index contributed by atoms with van der Waals surface area (Å²) in [6.45, 7) is 4.52. The van der Waals surface area contributed by atoms with Crippen LogP contribution in [0.3, 0.4) is 0 Å². The van der Waals surface area contributed by atoms with E-state index in [1.54, 1.807) is 27.7 Å². The molecule has 3 heterocycles. The summed E-state index contributed by atoms with van der Waals surface area (Å²) >= 11 is 3.52. The summed E-state index contributed by atoms with van der Waals surface area (Å²) in [6, 6.07) is 9.83. The third kappa shape index (κ3) is 3.28. The van der Waals surface area contributed by atoms with E-state index in [4.69, 9.17) is 0 Å². The Labute approximate surface area is 184 Å². The van der Waals surface area contributed by atoms with Crippen molar-refractivity contribution in [1.82, 2.24) is 19.2 Å². The molecule has 0 amide bonds. The fourth-order valence-electron chi connectivity index (χ4n) is 4.32. The van der Waals surface area contributed by atoms with Gasteiger partial charge in [-0.25, -0.2) is 8.97 Å². The van der Waals surface area contributed by atoms with Crippen molar-refractivity contribution >= 4 is 39.1 Å². The SMILES string of the molecule is CCCCCSc1nnc2n(-c3ccccc3)c(=O)c3c4c(sc3n12)C[C@@H](C)CC4. The lowest BCUT2D eigenvalue weighted by Gasteiger charge is -2.17. The van der Waals surface area contributed by atoms with Crippen LogP contribution in [-0.4, -0.2) is 24.9 Å². The number of thiophene rings is 1. The number of aryl methyl sites for hydroxylation is 1. The van der Waals surface area contributed by atoms with Crippen LogP contribution in [0.15, 0.2) is 40.3 Å². The number of nitrogens with zero attached hydrogens (tertiary/aromatic N) is 4. The van der Waals surface area contributed by atoms with Crippen molar-refractivity contribution in [2.24, 2.45) is 5.92 Å². The third-order valence-corrected chi connectivity index (χ3v) is 8.18. The van der Waals surface area contributed by atoms with Crippen LogP contribution in [0.4, 0.5) is 0 Å². The first kappa shape index (κ1) is 19.8. The largest absolute Gasteiger partial charge is 0.268 e. The summed E-state index contributed by atoms with van der Waals surface area (Å²) in [5.41, 5.74) is 2.12. The Morgan fingerprint density at radius 3 is 2.83 bits per heavy atom. The van der Waals surface area contributed by atoms with Crippen LogP contribution in [0, 0.1) is 5.92 Å². The molecule has 0 spiro atoms. The molecule has 0 aliphatic heterocycles. The zero-order chi connectivity index (χ0) is 20.7. The maximum atomic E-state index is 13.7. The molecular weight excluding hydrogens is 412 g/mol. The van der Waals surface area contributed by atoms with Gasteiger partial charge < -0.3 is 0 Å². The maximum absolute atomic E-state index is 13.7. The van der Waals surface area contributed by atoms with Gasteiger partial charge >= 0.3 is 0 Å². The van der Waals surface area contributed by atoms with Crippen LogP contribution in [0.5, 0.6) is 0 Å². The molecule has 1 atom stereocenters. The lowest BCUT2D eigenvalue weighted by atomic mass is 9.89. The van der Waals surface area contributed by atoms with Gasteiger partial charge in [0.1, 0.15) is 4.83 Å². The zero-order valence-electron chi connectivity index (χ0n) is 17.4. The first-order valence-electron chi connectivity index (χ1n) is 10.8. The second kappa shape index (κ2) is 8.19. The molecule has 0 bridgehead atoms. The molecule has 1 aliphatic carbocycles. The molecule has 7 heteroatoms. The number of benzene rings is 1. The summed E-state index contributed by atoms with van der Waals surface area (Å²) < 4.78 is 3.88. The van der Waals surface area contributed by atoms with Crippen molar-refractivity contribution < 1.29 is 0 Å². The molecular formula is C23H26N4OS2. The fraction of sp³-hybridized carbons (Fsp3) is 0.435. The number of hydrogen-bond acceptors (Lipinski definition) is 5. The predicted octanol–water partition coefficient (Wildman–Crippen LogP) is 5.50. The Morgan fingerprint density at radius 2 is 2.03 bits per heavy atom. The Kier molecular flexibility index (Phi) is 5.41. The van der Waals surface area contributed by atoms with Gasteiger partial charge in [-0.1, -0.05) is 56.7 Å². The molecule has 1 aliphatic rings. The minimum atomic E-state index is 0.0330. The third-order valence-electron chi connectivity index (χ3n) is 5.92. The predicted molar refractivity (Wildman–Crippen MR) is 125 cm³/mol. The highest BCUT2D eigenvalue weighted by molar-refractivity contribution is 7.99. The number of aromatic nitrogens is 4. The zero-order valence-corrected chi connectivity index (χ0v) is 19.1. The smallest absolute Gasteiger partial charge is 0.268 e. The first-order chi connectivity index (χ1) is 14.7. The molecule has 0 saturated heterocycles. The molecule has 5 rings (SSSR count). The topological polar surface area (TPSA) is 52.2 Å². The number of hydrogen-bond donors (Lipinski definition) is 0. The molecule has 0 unspecified atom stereocenters. The molecule has 4 aromatic rings. The van der Waals surface area contributed by atoms with Gasteiger partial charge in [0.2, 0.25) is 5.78 Å². The molecule has 5 nitrogen and oxygen atoms in total. The number of rotatable bonds is 6. The Bertz CT molecular complexity index is 1260. The van der Waals surface area contributed by atoms with E-state index in [2.05, 4.69) is 28.4 Å². The van der Waals surface area contributed by atoms with E-state index < -0.39 is 0 Å². The van der Waals surface area contributed by atoms with Crippen LogP contribution in [0.25, 0.3) is 21.7 Å². The minimum absolute atomic E-state index is 0.0330. The minimum Gasteiger partial charge on any atom is -0.268 e. The number of fused-ring (bicyclic) bond motifs is 5. The highest BCUT2D eigenvalue weighted by Gasteiger charge is 2.27. The van der Waals surface area contributed by atoms with E-state index in [0.717, 1.165) is 52.5 Å². The Morgan fingerprint density at radius 1 is 1.20 bits per heavy atom. The monoisotopic (exact) mass is 438 g/mol. The molecule has 156 valence electrons. The van der Waals surface area contributed by atoms with Crippen LogP contribution < -0.4 is 5.56 Å². The standard InChI is InChI=1S/C23H26N4OS2/c1-3-4-8-13-29-23-25-24-22-26(16-9-6-5-7-10-16)20(28)19-17-12-11-15(2)14-18(17)30-21(19)27(22)23/h5-7,9-10,15H,3-4,8,11-14H2,1-2H3/t15-/m0/s1. The molecule has 1 aromatic carbocycles. The molecule has 0 N–H and O–H groups in total.